The minimum Gasteiger partial charge on any atom is -0.478 e. The van der Waals surface area contributed by atoms with Crippen LogP contribution in [0.1, 0.15) is 21.9 Å². The predicted octanol–water partition coefficient (Wildman–Crippen LogP) is 2.74. The van der Waals surface area contributed by atoms with Gasteiger partial charge < -0.3 is 19.9 Å². The van der Waals surface area contributed by atoms with Crippen molar-refractivity contribution in [2.75, 3.05) is 5.32 Å². The minimum atomic E-state index is -1.07. The molecule has 0 saturated carbocycles. The van der Waals surface area contributed by atoms with Gasteiger partial charge in [-0.3, -0.25) is 0 Å². The monoisotopic (exact) mass is 281 g/mol. The number of nitrogens with one attached hydrogen (secondary N) is 1. The number of aliphatic hydroxyl groups is 1. The van der Waals surface area contributed by atoms with E-state index in [0.29, 0.717) is 23.8 Å². The summed E-state index contributed by atoms with van der Waals surface area (Å²) in [4.78, 5) is 10.9. The summed E-state index contributed by atoms with van der Waals surface area (Å²) in [5.41, 5.74) is 0.672. The van der Waals surface area contributed by atoms with Gasteiger partial charge in [0, 0.05) is 5.69 Å². The highest BCUT2D eigenvalue weighted by Crippen LogP contribution is 2.21. The lowest BCUT2D eigenvalue weighted by Gasteiger charge is -2.06. The number of hydrogen-bond acceptors (Lipinski definition) is 4. The van der Waals surface area contributed by atoms with Gasteiger partial charge in [0.05, 0.1) is 17.1 Å². The first-order valence-electron chi connectivity index (χ1n) is 5.55. The van der Waals surface area contributed by atoms with E-state index in [4.69, 9.17) is 26.2 Å². The molecule has 3 N–H and O–H groups in total. The van der Waals surface area contributed by atoms with Crippen molar-refractivity contribution in [3.63, 3.8) is 0 Å². The molecule has 1 aromatic heterocycles. The third-order valence-corrected chi connectivity index (χ3v) is 2.87. The Kier molecular flexibility index (Phi) is 4.09. The van der Waals surface area contributed by atoms with Crippen LogP contribution in [0.15, 0.2) is 34.7 Å². The van der Waals surface area contributed by atoms with E-state index in [2.05, 4.69) is 5.32 Å². The molecule has 19 heavy (non-hydrogen) atoms. The summed E-state index contributed by atoms with van der Waals surface area (Å²) in [7, 11) is 0. The van der Waals surface area contributed by atoms with Gasteiger partial charge >= 0.3 is 5.97 Å². The van der Waals surface area contributed by atoms with E-state index < -0.39 is 5.97 Å². The molecular formula is C13H12ClNO4. The van der Waals surface area contributed by atoms with E-state index in [1.54, 1.807) is 18.2 Å². The molecule has 0 radical (unpaired) electrons. The summed E-state index contributed by atoms with van der Waals surface area (Å²) < 4.78 is 5.30. The molecule has 0 aliphatic carbocycles. The first-order chi connectivity index (χ1) is 9.10. The molecular weight excluding hydrogens is 270 g/mol. The molecule has 1 heterocycles. The number of furan rings is 1. The zero-order valence-electron chi connectivity index (χ0n) is 9.89. The lowest BCUT2D eigenvalue weighted by Crippen LogP contribution is -2.02. The molecule has 0 fully saturated rings. The molecule has 0 bridgehead atoms. The van der Waals surface area contributed by atoms with E-state index in [-0.39, 0.29) is 17.2 Å². The van der Waals surface area contributed by atoms with Crippen LogP contribution in [0.5, 0.6) is 0 Å². The van der Waals surface area contributed by atoms with E-state index in [1.807, 2.05) is 0 Å². The first kappa shape index (κ1) is 13.5. The van der Waals surface area contributed by atoms with Crippen LogP contribution in [-0.2, 0) is 13.2 Å². The first-order valence-corrected chi connectivity index (χ1v) is 5.93. The molecule has 0 spiro atoms. The van der Waals surface area contributed by atoms with Crippen molar-refractivity contribution >= 4 is 23.3 Å². The zero-order chi connectivity index (χ0) is 13.8. The van der Waals surface area contributed by atoms with Gasteiger partial charge in [0.15, 0.2) is 0 Å². The number of aromatic carboxylic acids is 1. The Labute approximate surface area is 114 Å². The number of carboxylic acid groups (broad SMARTS) is 1. The maximum atomic E-state index is 10.9. The average Bonchev–Trinajstić information content (AvgIpc) is 2.85. The van der Waals surface area contributed by atoms with Gasteiger partial charge in [-0.1, -0.05) is 11.6 Å². The second-order valence-electron chi connectivity index (χ2n) is 3.88. The van der Waals surface area contributed by atoms with Crippen molar-refractivity contribution in [2.24, 2.45) is 0 Å². The fraction of sp³-hybridized carbons (Fsp3) is 0.154. The van der Waals surface area contributed by atoms with Gasteiger partial charge in [-0.2, -0.15) is 0 Å². The molecule has 2 aromatic rings. The van der Waals surface area contributed by atoms with Crippen LogP contribution in [0.2, 0.25) is 5.02 Å². The Hall–Kier alpha value is -1.98. The third-order valence-electron chi connectivity index (χ3n) is 2.54. The topological polar surface area (TPSA) is 82.7 Å². The SMILES string of the molecule is O=C(O)c1cc(NCc2ccc(CO)o2)ccc1Cl. The highest BCUT2D eigenvalue weighted by molar-refractivity contribution is 6.33. The number of carbonyl (C=O) groups is 1. The summed E-state index contributed by atoms with van der Waals surface area (Å²) in [5, 5.41) is 21.0. The minimum absolute atomic E-state index is 0.0437. The number of aliphatic hydroxyl groups excluding tert-OH is 1. The van der Waals surface area contributed by atoms with Gasteiger partial charge in [-0.15, -0.1) is 0 Å². The van der Waals surface area contributed by atoms with Crippen molar-refractivity contribution in [1.82, 2.24) is 0 Å². The summed E-state index contributed by atoms with van der Waals surface area (Å²) in [6.45, 7) is 0.241. The fourth-order valence-electron chi connectivity index (χ4n) is 1.59. The molecule has 0 aliphatic rings. The van der Waals surface area contributed by atoms with Crippen molar-refractivity contribution in [3.8, 4) is 0 Å². The number of benzene rings is 1. The van der Waals surface area contributed by atoms with Crippen LogP contribution in [0.25, 0.3) is 0 Å². The molecule has 0 unspecified atom stereocenters. The van der Waals surface area contributed by atoms with Crippen LogP contribution in [0.4, 0.5) is 5.69 Å². The van der Waals surface area contributed by atoms with Crippen LogP contribution in [0, 0.1) is 0 Å². The van der Waals surface area contributed by atoms with Gasteiger partial charge in [0.25, 0.3) is 0 Å². The van der Waals surface area contributed by atoms with Crippen molar-refractivity contribution in [2.45, 2.75) is 13.2 Å². The molecule has 5 nitrogen and oxygen atoms in total. The van der Waals surface area contributed by atoms with E-state index in [9.17, 15) is 4.79 Å². The van der Waals surface area contributed by atoms with Crippen LogP contribution in [0.3, 0.4) is 0 Å². The van der Waals surface area contributed by atoms with Gasteiger partial charge in [-0.05, 0) is 30.3 Å². The third kappa shape index (κ3) is 3.27. The molecule has 100 valence electrons. The molecule has 2 rings (SSSR count). The number of halogens is 1. The lowest BCUT2D eigenvalue weighted by molar-refractivity contribution is 0.0697. The Bertz CT molecular complexity index is 594. The smallest absolute Gasteiger partial charge is 0.337 e. The van der Waals surface area contributed by atoms with Gasteiger partial charge in [0.1, 0.15) is 18.1 Å². The Balaban J connectivity index is 2.07. The molecule has 6 heteroatoms. The standard InChI is InChI=1S/C13H12ClNO4/c14-12-4-1-8(5-11(12)13(17)18)15-6-9-2-3-10(7-16)19-9/h1-5,15-16H,6-7H2,(H,17,18). The molecule has 1 aromatic carbocycles. The summed E-state index contributed by atoms with van der Waals surface area (Å²) >= 11 is 5.78. The Morgan fingerprint density at radius 3 is 2.63 bits per heavy atom. The van der Waals surface area contributed by atoms with Crippen molar-refractivity contribution < 1.29 is 19.4 Å². The van der Waals surface area contributed by atoms with E-state index in [0.717, 1.165) is 0 Å². The zero-order valence-corrected chi connectivity index (χ0v) is 10.6. The molecule has 0 saturated heterocycles. The largest absolute Gasteiger partial charge is 0.478 e. The second-order valence-corrected chi connectivity index (χ2v) is 4.29. The normalized spacial score (nSPS) is 10.4. The maximum Gasteiger partial charge on any atom is 0.337 e. The van der Waals surface area contributed by atoms with Crippen LogP contribution >= 0.6 is 11.6 Å². The van der Waals surface area contributed by atoms with E-state index >= 15 is 0 Å². The quantitative estimate of drug-likeness (QED) is 0.785. The van der Waals surface area contributed by atoms with Gasteiger partial charge in [0.2, 0.25) is 0 Å². The fourth-order valence-corrected chi connectivity index (χ4v) is 1.79. The summed E-state index contributed by atoms with van der Waals surface area (Å²) in [6, 6.07) is 8.09. The molecule has 0 atom stereocenters. The number of anilines is 1. The summed E-state index contributed by atoms with van der Waals surface area (Å²) in [5.74, 6) is 0.0595. The van der Waals surface area contributed by atoms with Crippen LogP contribution < -0.4 is 5.32 Å². The summed E-state index contributed by atoms with van der Waals surface area (Å²) in [6.07, 6.45) is 0. The second kappa shape index (κ2) is 5.77. The average molecular weight is 282 g/mol. The molecule has 0 amide bonds. The number of rotatable bonds is 5. The highest BCUT2D eigenvalue weighted by Gasteiger charge is 2.09. The van der Waals surface area contributed by atoms with Crippen molar-refractivity contribution in [3.05, 3.63) is 52.4 Å². The van der Waals surface area contributed by atoms with Gasteiger partial charge in [-0.25, -0.2) is 4.79 Å². The Morgan fingerprint density at radius 2 is 2.00 bits per heavy atom. The highest BCUT2D eigenvalue weighted by atomic mass is 35.5. The van der Waals surface area contributed by atoms with Crippen molar-refractivity contribution in [1.29, 1.82) is 0 Å². The van der Waals surface area contributed by atoms with E-state index in [1.165, 1.54) is 12.1 Å². The Morgan fingerprint density at radius 1 is 1.26 bits per heavy atom. The van der Waals surface area contributed by atoms with Crippen LogP contribution in [-0.4, -0.2) is 16.2 Å². The molecule has 0 aliphatic heterocycles. The predicted molar refractivity (Wildman–Crippen MR) is 70.4 cm³/mol. The maximum absolute atomic E-state index is 10.9. The number of carboxylic acids is 1. The lowest BCUT2D eigenvalue weighted by atomic mass is 10.2. The number of hydrogen-bond donors (Lipinski definition) is 3.